The molecule has 116 valence electrons. The van der Waals surface area contributed by atoms with Gasteiger partial charge in [0.15, 0.2) is 0 Å². The molecule has 6 nitrogen and oxygen atoms in total. The maximum absolute atomic E-state index is 12.1. The van der Waals surface area contributed by atoms with Gasteiger partial charge in [0, 0.05) is 45.7 Å². The summed E-state index contributed by atoms with van der Waals surface area (Å²) in [4.78, 5) is 0.319. The summed E-state index contributed by atoms with van der Waals surface area (Å²) in [5.74, 6) is 0. The van der Waals surface area contributed by atoms with Crippen LogP contribution in [0.4, 0.5) is 0 Å². The minimum atomic E-state index is -3.41. The van der Waals surface area contributed by atoms with Crippen molar-refractivity contribution in [3.05, 3.63) is 18.0 Å². The van der Waals surface area contributed by atoms with Crippen molar-refractivity contribution in [1.29, 1.82) is 0 Å². The highest BCUT2D eigenvalue weighted by molar-refractivity contribution is 7.89. The van der Waals surface area contributed by atoms with Gasteiger partial charge in [-0.2, -0.15) is 0 Å². The van der Waals surface area contributed by atoms with E-state index in [0.29, 0.717) is 24.6 Å². The van der Waals surface area contributed by atoms with E-state index in [4.69, 9.17) is 4.74 Å². The van der Waals surface area contributed by atoms with Crippen LogP contribution in [0.2, 0.25) is 0 Å². The number of methoxy groups -OCH3 is 1. The molecule has 1 heterocycles. The van der Waals surface area contributed by atoms with Crippen LogP contribution in [-0.4, -0.2) is 39.8 Å². The number of unbranched alkanes of at least 4 members (excludes halogenated alkanes) is 1. The van der Waals surface area contributed by atoms with Crippen molar-refractivity contribution in [2.75, 3.05) is 26.8 Å². The summed E-state index contributed by atoms with van der Waals surface area (Å²) in [5, 5.41) is 3.19. The van der Waals surface area contributed by atoms with E-state index in [9.17, 15) is 8.42 Å². The molecule has 1 rings (SSSR count). The Labute approximate surface area is 121 Å². The summed E-state index contributed by atoms with van der Waals surface area (Å²) < 4.78 is 33.6. The van der Waals surface area contributed by atoms with Crippen LogP contribution in [0.1, 0.15) is 25.5 Å². The van der Waals surface area contributed by atoms with Crippen molar-refractivity contribution in [3.8, 4) is 0 Å². The summed E-state index contributed by atoms with van der Waals surface area (Å²) in [6, 6.07) is 1.71. The molecule has 0 amide bonds. The second-order valence-electron chi connectivity index (χ2n) is 4.66. The molecule has 0 aliphatic rings. The topological polar surface area (TPSA) is 72.4 Å². The number of aromatic nitrogens is 1. The van der Waals surface area contributed by atoms with Crippen LogP contribution >= 0.6 is 0 Å². The molecule has 20 heavy (non-hydrogen) atoms. The fraction of sp³-hybridized carbons (Fsp3) is 0.692. The van der Waals surface area contributed by atoms with Gasteiger partial charge in [0.05, 0.1) is 4.90 Å². The number of aryl methyl sites for hydroxylation is 1. The Balaban J connectivity index is 2.58. The maximum Gasteiger partial charge on any atom is 0.242 e. The highest BCUT2D eigenvalue weighted by Gasteiger charge is 2.16. The van der Waals surface area contributed by atoms with Crippen molar-refractivity contribution in [1.82, 2.24) is 14.6 Å². The molecule has 0 saturated carbocycles. The SMILES string of the molecule is CCNCc1cc(S(=O)(=O)NCCCCOC)cn1C. The normalized spacial score (nSPS) is 11.9. The van der Waals surface area contributed by atoms with Crippen LogP contribution in [0, 0.1) is 0 Å². The zero-order chi connectivity index (χ0) is 15.0. The summed E-state index contributed by atoms with van der Waals surface area (Å²) in [6.07, 6.45) is 3.26. The Hall–Kier alpha value is -0.890. The van der Waals surface area contributed by atoms with E-state index in [1.165, 1.54) is 0 Å². The highest BCUT2D eigenvalue weighted by atomic mass is 32.2. The standard InChI is InChI=1S/C13H25N3O3S/c1-4-14-10-12-9-13(11-16(12)2)20(17,18)15-7-5-6-8-19-3/h9,11,14-15H,4-8,10H2,1-3H3. The molecular formula is C13H25N3O3S. The molecule has 0 aliphatic carbocycles. The third kappa shape index (κ3) is 5.24. The molecule has 0 aliphatic heterocycles. The van der Waals surface area contributed by atoms with Gasteiger partial charge in [-0.05, 0) is 25.5 Å². The van der Waals surface area contributed by atoms with Crippen LogP contribution in [0.5, 0.6) is 0 Å². The Morgan fingerprint density at radius 3 is 2.75 bits per heavy atom. The van der Waals surface area contributed by atoms with Crippen molar-refractivity contribution in [2.24, 2.45) is 7.05 Å². The van der Waals surface area contributed by atoms with Crippen LogP contribution < -0.4 is 10.0 Å². The van der Waals surface area contributed by atoms with Gasteiger partial charge in [-0.25, -0.2) is 13.1 Å². The first-order valence-electron chi connectivity index (χ1n) is 6.85. The third-order valence-corrected chi connectivity index (χ3v) is 4.44. The molecule has 1 aromatic rings. The predicted octanol–water partition coefficient (Wildman–Crippen LogP) is 0.840. The first-order chi connectivity index (χ1) is 9.51. The minimum absolute atomic E-state index is 0.319. The lowest BCUT2D eigenvalue weighted by molar-refractivity contribution is 0.193. The second kappa shape index (κ2) is 8.41. The third-order valence-electron chi connectivity index (χ3n) is 3.02. The average Bonchev–Trinajstić information content (AvgIpc) is 2.78. The molecule has 0 atom stereocenters. The largest absolute Gasteiger partial charge is 0.385 e. The number of hydrogen-bond acceptors (Lipinski definition) is 4. The highest BCUT2D eigenvalue weighted by Crippen LogP contribution is 2.13. The molecule has 2 N–H and O–H groups in total. The van der Waals surface area contributed by atoms with Crippen molar-refractivity contribution in [2.45, 2.75) is 31.2 Å². The molecule has 7 heteroatoms. The van der Waals surface area contributed by atoms with Gasteiger partial charge in [0.2, 0.25) is 10.0 Å². The number of ether oxygens (including phenoxy) is 1. The van der Waals surface area contributed by atoms with Gasteiger partial charge in [0.1, 0.15) is 0 Å². The Morgan fingerprint density at radius 1 is 1.35 bits per heavy atom. The van der Waals surface area contributed by atoms with Crippen molar-refractivity contribution in [3.63, 3.8) is 0 Å². The van der Waals surface area contributed by atoms with Crippen LogP contribution in [0.15, 0.2) is 17.2 Å². The van der Waals surface area contributed by atoms with Crippen molar-refractivity contribution < 1.29 is 13.2 Å². The average molecular weight is 303 g/mol. The predicted molar refractivity (Wildman–Crippen MR) is 79.1 cm³/mol. The summed E-state index contributed by atoms with van der Waals surface area (Å²) >= 11 is 0. The van der Waals surface area contributed by atoms with E-state index < -0.39 is 10.0 Å². The first-order valence-corrected chi connectivity index (χ1v) is 8.34. The number of sulfonamides is 1. The molecule has 0 fully saturated rings. The smallest absolute Gasteiger partial charge is 0.242 e. The quantitative estimate of drug-likeness (QED) is 0.628. The number of nitrogens with one attached hydrogen (secondary N) is 2. The van der Waals surface area contributed by atoms with Gasteiger partial charge in [0.25, 0.3) is 0 Å². The van der Waals surface area contributed by atoms with E-state index in [1.54, 1.807) is 19.4 Å². The molecule has 0 bridgehead atoms. The zero-order valence-electron chi connectivity index (χ0n) is 12.5. The lowest BCUT2D eigenvalue weighted by Gasteiger charge is -2.04. The maximum atomic E-state index is 12.1. The molecular weight excluding hydrogens is 278 g/mol. The van der Waals surface area contributed by atoms with Gasteiger partial charge < -0.3 is 14.6 Å². The number of rotatable bonds is 10. The van der Waals surface area contributed by atoms with Gasteiger partial charge >= 0.3 is 0 Å². The van der Waals surface area contributed by atoms with Gasteiger partial charge in [-0.15, -0.1) is 0 Å². The lowest BCUT2D eigenvalue weighted by atomic mass is 10.3. The lowest BCUT2D eigenvalue weighted by Crippen LogP contribution is -2.24. The van der Waals surface area contributed by atoms with E-state index in [0.717, 1.165) is 25.1 Å². The molecule has 0 aromatic carbocycles. The fourth-order valence-corrected chi connectivity index (χ4v) is 2.98. The van der Waals surface area contributed by atoms with Crippen molar-refractivity contribution >= 4 is 10.0 Å². The Kier molecular flexibility index (Phi) is 7.22. The van der Waals surface area contributed by atoms with Crippen LogP contribution in [0.3, 0.4) is 0 Å². The summed E-state index contributed by atoms with van der Waals surface area (Å²) in [7, 11) is 0.0768. The first kappa shape index (κ1) is 17.2. The Bertz CT molecular complexity index is 497. The van der Waals surface area contributed by atoms with Crippen LogP contribution in [-0.2, 0) is 28.4 Å². The summed E-state index contributed by atoms with van der Waals surface area (Å²) in [6.45, 7) is 4.62. The van der Waals surface area contributed by atoms with Crippen LogP contribution in [0.25, 0.3) is 0 Å². The zero-order valence-corrected chi connectivity index (χ0v) is 13.3. The van der Waals surface area contributed by atoms with E-state index in [1.807, 2.05) is 18.5 Å². The van der Waals surface area contributed by atoms with Gasteiger partial charge in [-0.3, -0.25) is 0 Å². The molecule has 0 saturated heterocycles. The minimum Gasteiger partial charge on any atom is -0.385 e. The number of hydrogen-bond donors (Lipinski definition) is 2. The van der Waals surface area contributed by atoms with E-state index in [2.05, 4.69) is 10.0 Å². The number of nitrogens with zero attached hydrogens (tertiary/aromatic N) is 1. The molecule has 0 unspecified atom stereocenters. The Morgan fingerprint density at radius 2 is 2.10 bits per heavy atom. The van der Waals surface area contributed by atoms with Gasteiger partial charge in [-0.1, -0.05) is 6.92 Å². The second-order valence-corrected chi connectivity index (χ2v) is 6.42. The van der Waals surface area contributed by atoms with E-state index >= 15 is 0 Å². The molecule has 0 radical (unpaired) electrons. The molecule has 0 spiro atoms. The molecule has 1 aromatic heterocycles. The monoisotopic (exact) mass is 303 g/mol. The van der Waals surface area contributed by atoms with E-state index in [-0.39, 0.29) is 0 Å². The fourth-order valence-electron chi connectivity index (χ4n) is 1.81. The summed E-state index contributed by atoms with van der Waals surface area (Å²) in [5.41, 5.74) is 0.951.